The van der Waals surface area contributed by atoms with Crippen molar-refractivity contribution in [2.45, 2.75) is 20.1 Å². The predicted octanol–water partition coefficient (Wildman–Crippen LogP) is 2.51. The van der Waals surface area contributed by atoms with Gasteiger partial charge in [-0.25, -0.2) is 4.98 Å². The van der Waals surface area contributed by atoms with Gasteiger partial charge in [-0.2, -0.15) is 0 Å². The highest BCUT2D eigenvalue weighted by Crippen LogP contribution is 2.42. The molecule has 2 aliphatic rings. The summed E-state index contributed by atoms with van der Waals surface area (Å²) >= 11 is 1.68. The molecular formula is C18H23N3O2S. The van der Waals surface area contributed by atoms with Crippen LogP contribution in [0.5, 0.6) is 0 Å². The van der Waals surface area contributed by atoms with Crippen LogP contribution in [-0.2, 0) is 22.6 Å². The molecule has 4 heterocycles. The maximum absolute atomic E-state index is 6.05. The van der Waals surface area contributed by atoms with Gasteiger partial charge in [0.1, 0.15) is 0 Å². The molecule has 2 atom stereocenters. The third kappa shape index (κ3) is 3.37. The van der Waals surface area contributed by atoms with Crippen LogP contribution in [0.25, 0.3) is 0 Å². The van der Waals surface area contributed by atoms with Crippen LogP contribution in [0.3, 0.4) is 0 Å². The monoisotopic (exact) mass is 345 g/mol. The average Bonchev–Trinajstić information content (AvgIpc) is 3.23. The van der Waals surface area contributed by atoms with Gasteiger partial charge in [-0.1, -0.05) is 0 Å². The lowest BCUT2D eigenvalue weighted by Gasteiger charge is -2.27. The van der Waals surface area contributed by atoms with E-state index in [1.807, 2.05) is 19.3 Å². The van der Waals surface area contributed by atoms with Crippen molar-refractivity contribution in [1.29, 1.82) is 0 Å². The number of hydrogen-bond donors (Lipinski definition) is 0. The van der Waals surface area contributed by atoms with E-state index < -0.39 is 0 Å². The maximum atomic E-state index is 6.05. The highest BCUT2D eigenvalue weighted by Gasteiger charge is 2.50. The molecule has 0 bridgehead atoms. The SMILES string of the molecule is Cc1nc(COC[C@]23COC[C@H]2CN(Cc2ccncc2)C3)cs1. The van der Waals surface area contributed by atoms with E-state index >= 15 is 0 Å². The van der Waals surface area contributed by atoms with Crippen LogP contribution in [0.2, 0.25) is 0 Å². The molecule has 2 aromatic rings. The van der Waals surface area contributed by atoms with Gasteiger partial charge in [0.15, 0.2) is 0 Å². The van der Waals surface area contributed by atoms with E-state index in [9.17, 15) is 0 Å². The summed E-state index contributed by atoms with van der Waals surface area (Å²) in [5.41, 5.74) is 2.49. The van der Waals surface area contributed by atoms with Crippen molar-refractivity contribution < 1.29 is 9.47 Å². The zero-order valence-electron chi connectivity index (χ0n) is 14.0. The fraction of sp³-hybridized carbons (Fsp3) is 0.556. The molecule has 0 spiro atoms. The fourth-order valence-electron chi connectivity index (χ4n) is 3.85. The topological polar surface area (TPSA) is 47.5 Å². The van der Waals surface area contributed by atoms with E-state index in [0.29, 0.717) is 12.5 Å². The van der Waals surface area contributed by atoms with Gasteiger partial charge in [-0.05, 0) is 24.6 Å². The molecule has 0 N–H and O–H groups in total. The first-order chi connectivity index (χ1) is 11.7. The zero-order chi connectivity index (χ0) is 16.4. The van der Waals surface area contributed by atoms with Crippen molar-refractivity contribution >= 4 is 11.3 Å². The normalized spacial score (nSPS) is 26.8. The Balaban J connectivity index is 1.35. The minimum atomic E-state index is 0.137. The molecule has 2 saturated heterocycles. The number of likely N-dealkylation sites (tertiary alicyclic amines) is 1. The van der Waals surface area contributed by atoms with Crippen LogP contribution in [0.15, 0.2) is 29.9 Å². The van der Waals surface area contributed by atoms with Crippen LogP contribution in [0.4, 0.5) is 0 Å². The van der Waals surface area contributed by atoms with E-state index in [1.54, 1.807) is 11.3 Å². The number of fused-ring (bicyclic) bond motifs is 1. The number of rotatable bonds is 6. The van der Waals surface area contributed by atoms with Gasteiger partial charge in [0.2, 0.25) is 0 Å². The quantitative estimate of drug-likeness (QED) is 0.805. The van der Waals surface area contributed by atoms with Crippen molar-refractivity contribution in [1.82, 2.24) is 14.9 Å². The van der Waals surface area contributed by atoms with Crippen LogP contribution < -0.4 is 0 Å². The third-order valence-corrected chi connectivity index (χ3v) is 5.88. The summed E-state index contributed by atoms with van der Waals surface area (Å²) in [5, 5.41) is 3.18. The summed E-state index contributed by atoms with van der Waals surface area (Å²) in [5.74, 6) is 0.566. The lowest BCUT2D eigenvalue weighted by molar-refractivity contribution is 0.0172. The third-order valence-electron chi connectivity index (χ3n) is 5.05. The van der Waals surface area contributed by atoms with Crippen LogP contribution >= 0.6 is 11.3 Å². The van der Waals surface area contributed by atoms with Gasteiger partial charge in [0.05, 0.1) is 37.1 Å². The molecule has 0 amide bonds. The predicted molar refractivity (Wildman–Crippen MR) is 92.8 cm³/mol. The van der Waals surface area contributed by atoms with E-state index in [-0.39, 0.29) is 5.41 Å². The molecule has 0 saturated carbocycles. The Labute approximate surface area is 146 Å². The second-order valence-corrected chi connectivity index (χ2v) is 8.01. The number of pyridine rings is 1. The fourth-order valence-corrected chi connectivity index (χ4v) is 4.44. The van der Waals surface area contributed by atoms with Gasteiger partial charge >= 0.3 is 0 Å². The summed E-state index contributed by atoms with van der Waals surface area (Å²) in [6.07, 6.45) is 3.73. The minimum absolute atomic E-state index is 0.137. The van der Waals surface area contributed by atoms with Gasteiger partial charge in [-0.15, -0.1) is 11.3 Å². The molecular weight excluding hydrogens is 322 g/mol. The number of hydrogen-bond acceptors (Lipinski definition) is 6. The minimum Gasteiger partial charge on any atom is -0.380 e. The standard InChI is InChI=1S/C18H23N3O2S/c1-14-20-17(10-24-14)9-23-13-18-11-21(7-16(18)8-22-12-18)6-15-2-4-19-5-3-15/h2-5,10,16H,6-9,11-13H2,1H3/t16-,18+/m1/s1. The summed E-state index contributed by atoms with van der Waals surface area (Å²) in [6.45, 7) is 8.14. The second kappa shape index (κ2) is 6.88. The average molecular weight is 345 g/mol. The smallest absolute Gasteiger partial charge is 0.0898 e. The molecule has 2 fully saturated rings. The summed E-state index contributed by atoms with van der Waals surface area (Å²) < 4.78 is 11.8. The van der Waals surface area contributed by atoms with Gasteiger partial charge in [0.25, 0.3) is 0 Å². The molecule has 6 heteroatoms. The van der Waals surface area contributed by atoms with Crippen molar-refractivity contribution in [2.75, 3.05) is 32.9 Å². The van der Waals surface area contributed by atoms with Crippen LogP contribution in [0.1, 0.15) is 16.3 Å². The lowest BCUT2D eigenvalue weighted by atomic mass is 9.82. The zero-order valence-corrected chi connectivity index (χ0v) is 14.8. The number of nitrogens with zero attached hydrogens (tertiary/aromatic N) is 3. The van der Waals surface area contributed by atoms with Crippen LogP contribution in [0, 0.1) is 18.3 Å². The Hall–Kier alpha value is -1.34. The molecule has 0 aromatic carbocycles. The Kier molecular flexibility index (Phi) is 4.63. The molecule has 0 aliphatic carbocycles. The molecule has 24 heavy (non-hydrogen) atoms. The number of ether oxygens (including phenoxy) is 2. The first-order valence-electron chi connectivity index (χ1n) is 8.41. The van der Waals surface area contributed by atoms with Crippen molar-refractivity contribution in [3.8, 4) is 0 Å². The second-order valence-electron chi connectivity index (χ2n) is 6.95. The number of thiazole rings is 1. The Morgan fingerprint density at radius 2 is 2.29 bits per heavy atom. The Bertz CT molecular complexity index is 678. The first kappa shape index (κ1) is 16.1. The van der Waals surface area contributed by atoms with Gasteiger partial charge in [-0.3, -0.25) is 9.88 Å². The largest absolute Gasteiger partial charge is 0.380 e. The van der Waals surface area contributed by atoms with Crippen molar-refractivity contribution in [3.63, 3.8) is 0 Å². The van der Waals surface area contributed by atoms with E-state index in [1.165, 1.54) is 5.56 Å². The van der Waals surface area contributed by atoms with Crippen LogP contribution in [-0.4, -0.2) is 47.8 Å². The molecule has 2 aromatic heterocycles. The van der Waals surface area contributed by atoms with E-state index in [2.05, 4.69) is 32.4 Å². The van der Waals surface area contributed by atoms with Gasteiger partial charge < -0.3 is 9.47 Å². The molecule has 4 rings (SSSR count). The molecule has 5 nitrogen and oxygen atoms in total. The Morgan fingerprint density at radius 3 is 3.08 bits per heavy atom. The maximum Gasteiger partial charge on any atom is 0.0898 e. The first-order valence-corrected chi connectivity index (χ1v) is 9.29. The molecule has 2 aliphatic heterocycles. The number of aryl methyl sites for hydroxylation is 1. The van der Waals surface area contributed by atoms with Gasteiger partial charge in [0, 0.05) is 48.7 Å². The summed E-state index contributed by atoms with van der Waals surface area (Å²) in [4.78, 5) is 11.1. The van der Waals surface area contributed by atoms with Crippen molar-refractivity contribution in [3.05, 3.63) is 46.2 Å². The van der Waals surface area contributed by atoms with E-state index in [0.717, 1.165) is 50.2 Å². The highest BCUT2D eigenvalue weighted by atomic mass is 32.1. The van der Waals surface area contributed by atoms with E-state index in [4.69, 9.17) is 9.47 Å². The summed E-state index contributed by atoms with van der Waals surface area (Å²) in [7, 11) is 0. The van der Waals surface area contributed by atoms with Crippen molar-refractivity contribution in [2.24, 2.45) is 11.3 Å². The molecule has 0 radical (unpaired) electrons. The Morgan fingerprint density at radius 1 is 1.42 bits per heavy atom. The highest BCUT2D eigenvalue weighted by molar-refractivity contribution is 7.09. The molecule has 128 valence electrons. The number of aromatic nitrogens is 2. The summed E-state index contributed by atoms with van der Waals surface area (Å²) in [6, 6.07) is 4.19. The lowest BCUT2D eigenvalue weighted by Crippen LogP contribution is -2.35. The molecule has 0 unspecified atom stereocenters.